The van der Waals surface area contributed by atoms with Gasteiger partial charge in [0.05, 0.1) is 28.9 Å². The average Bonchev–Trinajstić information content (AvgIpc) is 2.99. The molecule has 4 rings (SSSR count). The summed E-state index contributed by atoms with van der Waals surface area (Å²) in [6.45, 7) is 0. The van der Waals surface area contributed by atoms with Crippen molar-refractivity contribution in [2.24, 2.45) is 0 Å². The first kappa shape index (κ1) is 16.4. The zero-order valence-electron chi connectivity index (χ0n) is 13.4. The van der Waals surface area contributed by atoms with E-state index in [1.165, 1.54) is 25.3 Å². The SMILES string of the molecule is Nc1cc2nc(-c3ccccc3F)[nH]c2cn1.OC1CCCCC1. The topological polar surface area (TPSA) is 87.8 Å². The number of H-pyrrole nitrogens is 1. The number of nitrogen functional groups attached to an aromatic ring is 1. The largest absolute Gasteiger partial charge is 0.393 e. The first-order chi connectivity index (χ1) is 11.6. The van der Waals surface area contributed by atoms with E-state index < -0.39 is 0 Å². The van der Waals surface area contributed by atoms with E-state index in [4.69, 9.17) is 10.8 Å². The molecule has 24 heavy (non-hydrogen) atoms. The van der Waals surface area contributed by atoms with Crippen LogP contribution >= 0.6 is 0 Å². The number of nitrogens with two attached hydrogens (primary N) is 1. The fourth-order valence-electron chi connectivity index (χ4n) is 2.79. The number of hydrogen-bond donors (Lipinski definition) is 3. The van der Waals surface area contributed by atoms with Crippen molar-refractivity contribution in [3.05, 3.63) is 42.3 Å². The third kappa shape index (κ3) is 3.89. The molecule has 0 amide bonds. The second-order valence-electron chi connectivity index (χ2n) is 5.98. The van der Waals surface area contributed by atoms with E-state index in [9.17, 15) is 4.39 Å². The minimum atomic E-state index is -0.313. The van der Waals surface area contributed by atoms with E-state index in [1.54, 1.807) is 30.5 Å². The quantitative estimate of drug-likeness (QED) is 0.636. The van der Waals surface area contributed by atoms with Crippen LogP contribution in [0.3, 0.4) is 0 Å². The van der Waals surface area contributed by atoms with Crippen molar-refractivity contribution in [1.29, 1.82) is 0 Å². The summed E-state index contributed by atoms with van der Waals surface area (Å²) in [5, 5.41) is 8.91. The highest BCUT2D eigenvalue weighted by molar-refractivity contribution is 5.80. The maximum Gasteiger partial charge on any atom is 0.141 e. The number of anilines is 1. The first-order valence-electron chi connectivity index (χ1n) is 8.17. The molecular formula is C18H21FN4O. The van der Waals surface area contributed by atoms with Gasteiger partial charge in [-0.05, 0) is 25.0 Å². The van der Waals surface area contributed by atoms with Crippen molar-refractivity contribution < 1.29 is 9.50 Å². The van der Waals surface area contributed by atoms with Crippen LogP contribution in [-0.4, -0.2) is 26.2 Å². The molecule has 1 aliphatic rings. The molecule has 126 valence electrons. The van der Waals surface area contributed by atoms with E-state index in [1.807, 2.05) is 0 Å². The molecule has 1 aliphatic carbocycles. The third-order valence-electron chi connectivity index (χ3n) is 4.09. The monoisotopic (exact) mass is 328 g/mol. The standard InChI is InChI=1S/C12H9FN4.C6H12O/c13-8-4-2-1-3-7(8)12-16-9-5-11(14)15-6-10(9)17-12;7-6-4-2-1-3-5-6/h1-6H,(H2,14,15)(H,16,17);6-7H,1-5H2. The number of rotatable bonds is 1. The number of hydrogen-bond acceptors (Lipinski definition) is 4. The number of fused-ring (bicyclic) bond motifs is 1. The van der Waals surface area contributed by atoms with E-state index in [0.29, 0.717) is 22.7 Å². The van der Waals surface area contributed by atoms with E-state index in [-0.39, 0.29) is 11.9 Å². The second-order valence-corrected chi connectivity index (χ2v) is 5.98. The second kappa shape index (κ2) is 7.40. The van der Waals surface area contributed by atoms with Crippen LogP contribution in [0.2, 0.25) is 0 Å². The lowest BCUT2D eigenvalue weighted by Gasteiger charge is -2.14. The zero-order valence-corrected chi connectivity index (χ0v) is 13.4. The van der Waals surface area contributed by atoms with Crippen LogP contribution in [0, 0.1) is 5.82 Å². The van der Waals surface area contributed by atoms with Crippen LogP contribution in [0.5, 0.6) is 0 Å². The molecule has 0 saturated heterocycles. The van der Waals surface area contributed by atoms with Crippen molar-refractivity contribution in [1.82, 2.24) is 15.0 Å². The summed E-state index contributed by atoms with van der Waals surface area (Å²) in [5.74, 6) is 0.557. The van der Waals surface area contributed by atoms with Gasteiger partial charge >= 0.3 is 0 Å². The van der Waals surface area contributed by atoms with Gasteiger partial charge in [0, 0.05) is 6.07 Å². The predicted octanol–water partition coefficient (Wildman–Crippen LogP) is 3.66. The highest BCUT2D eigenvalue weighted by atomic mass is 19.1. The minimum absolute atomic E-state index is 0.0359. The molecule has 1 saturated carbocycles. The van der Waals surface area contributed by atoms with Crippen LogP contribution in [-0.2, 0) is 0 Å². The molecule has 5 nitrogen and oxygen atoms in total. The Labute approximate surface area is 139 Å². The highest BCUT2D eigenvalue weighted by Gasteiger charge is 2.09. The maximum atomic E-state index is 13.6. The van der Waals surface area contributed by atoms with Gasteiger partial charge in [-0.15, -0.1) is 0 Å². The van der Waals surface area contributed by atoms with Crippen LogP contribution < -0.4 is 5.73 Å². The number of pyridine rings is 1. The average molecular weight is 328 g/mol. The Morgan fingerprint density at radius 1 is 1.17 bits per heavy atom. The number of benzene rings is 1. The highest BCUT2D eigenvalue weighted by Crippen LogP contribution is 2.23. The van der Waals surface area contributed by atoms with Crippen LogP contribution in [0.15, 0.2) is 36.5 Å². The van der Waals surface area contributed by atoms with Crippen molar-refractivity contribution >= 4 is 16.9 Å². The van der Waals surface area contributed by atoms with E-state index in [2.05, 4.69) is 15.0 Å². The molecule has 3 aromatic rings. The van der Waals surface area contributed by atoms with E-state index >= 15 is 0 Å². The number of aromatic amines is 1. The lowest BCUT2D eigenvalue weighted by Crippen LogP contribution is -2.09. The van der Waals surface area contributed by atoms with Gasteiger partial charge in [0.15, 0.2) is 0 Å². The Hall–Kier alpha value is -2.47. The molecule has 0 bridgehead atoms. The fraction of sp³-hybridized carbons (Fsp3) is 0.333. The summed E-state index contributed by atoms with van der Waals surface area (Å²) in [4.78, 5) is 11.2. The Morgan fingerprint density at radius 2 is 1.92 bits per heavy atom. The fourth-order valence-corrected chi connectivity index (χ4v) is 2.79. The lowest BCUT2D eigenvalue weighted by atomic mass is 9.98. The Bertz CT molecular complexity index is 812. The molecule has 2 heterocycles. The number of halogens is 1. The van der Waals surface area contributed by atoms with Crippen molar-refractivity contribution in [3.8, 4) is 11.4 Å². The minimum Gasteiger partial charge on any atom is -0.393 e. The van der Waals surface area contributed by atoms with Crippen LogP contribution in [0.25, 0.3) is 22.4 Å². The van der Waals surface area contributed by atoms with E-state index in [0.717, 1.165) is 18.4 Å². The summed E-state index contributed by atoms with van der Waals surface area (Å²) in [6, 6.07) is 8.12. The smallest absolute Gasteiger partial charge is 0.141 e. The summed E-state index contributed by atoms with van der Waals surface area (Å²) in [5.41, 5.74) is 7.41. The maximum absolute atomic E-state index is 13.6. The Balaban J connectivity index is 0.000000203. The number of imidazole rings is 1. The number of nitrogens with zero attached hydrogens (tertiary/aromatic N) is 2. The van der Waals surface area contributed by atoms with Gasteiger partial charge in [0.2, 0.25) is 0 Å². The Morgan fingerprint density at radius 3 is 2.58 bits per heavy atom. The molecular weight excluding hydrogens is 307 g/mol. The molecule has 4 N–H and O–H groups in total. The number of aliphatic hydroxyl groups excluding tert-OH is 1. The number of aromatic nitrogens is 3. The van der Waals surface area contributed by atoms with Gasteiger partial charge in [-0.25, -0.2) is 14.4 Å². The summed E-state index contributed by atoms with van der Waals surface area (Å²) < 4.78 is 13.6. The number of aliphatic hydroxyl groups is 1. The van der Waals surface area contributed by atoms with Gasteiger partial charge in [-0.2, -0.15) is 0 Å². The normalized spacial score (nSPS) is 15.1. The molecule has 0 atom stereocenters. The van der Waals surface area contributed by atoms with Crippen molar-refractivity contribution in [2.45, 2.75) is 38.2 Å². The molecule has 0 spiro atoms. The Kier molecular flexibility index (Phi) is 5.05. The molecule has 1 fully saturated rings. The van der Waals surface area contributed by atoms with Gasteiger partial charge in [-0.3, -0.25) is 0 Å². The van der Waals surface area contributed by atoms with Gasteiger partial charge < -0.3 is 15.8 Å². The van der Waals surface area contributed by atoms with Gasteiger partial charge in [-0.1, -0.05) is 31.4 Å². The van der Waals surface area contributed by atoms with Crippen LogP contribution in [0.4, 0.5) is 10.2 Å². The van der Waals surface area contributed by atoms with Crippen molar-refractivity contribution in [3.63, 3.8) is 0 Å². The zero-order chi connectivity index (χ0) is 16.9. The van der Waals surface area contributed by atoms with Crippen molar-refractivity contribution in [2.75, 3.05) is 5.73 Å². The predicted molar refractivity (Wildman–Crippen MR) is 92.8 cm³/mol. The molecule has 2 aromatic heterocycles. The lowest BCUT2D eigenvalue weighted by molar-refractivity contribution is 0.130. The van der Waals surface area contributed by atoms with Crippen LogP contribution in [0.1, 0.15) is 32.1 Å². The summed E-state index contributed by atoms with van der Waals surface area (Å²) >= 11 is 0. The molecule has 6 heteroatoms. The molecule has 1 aromatic carbocycles. The van der Waals surface area contributed by atoms with Gasteiger partial charge in [0.25, 0.3) is 0 Å². The number of nitrogens with one attached hydrogen (secondary N) is 1. The molecule has 0 unspecified atom stereocenters. The summed E-state index contributed by atoms with van der Waals surface area (Å²) in [6.07, 6.45) is 7.51. The van der Waals surface area contributed by atoms with Gasteiger partial charge in [0.1, 0.15) is 17.5 Å². The first-order valence-corrected chi connectivity index (χ1v) is 8.17. The molecule has 0 radical (unpaired) electrons. The summed E-state index contributed by atoms with van der Waals surface area (Å²) in [7, 11) is 0. The molecule has 0 aliphatic heterocycles. The third-order valence-corrected chi connectivity index (χ3v) is 4.09.